The molecule has 0 N–H and O–H groups in total. The molecule has 1 saturated heterocycles. The topological polar surface area (TPSA) is 24.8 Å². The Morgan fingerprint density at radius 2 is 1.63 bits per heavy atom. The Hall–Kier alpha value is -4.11. The molecule has 12 aliphatic rings. The molecule has 3 aliphatic heterocycles. The summed E-state index contributed by atoms with van der Waals surface area (Å²) in [5, 5.41) is 0. The van der Waals surface area contributed by atoms with Gasteiger partial charge in [0.1, 0.15) is 11.9 Å². The Bertz CT molecular complexity index is 2210. The first-order valence-electron chi connectivity index (χ1n) is 24.6. The molecule has 0 spiro atoms. The Morgan fingerprint density at radius 3 is 2.53 bits per heavy atom. The van der Waals surface area contributed by atoms with Crippen molar-refractivity contribution >= 4 is 6.21 Å². The van der Waals surface area contributed by atoms with Gasteiger partial charge < -0.3 is 9.64 Å². The summed E-state index contributed by atoms with van der Waals surface area (Å²) in [5.41, 5.74) is 13.2. The maximum absolute atomic E-state index is 6.44. The maximum atomic E-state index is 6.44. The highest BCUT2D eigenvalue weighted by molar-refractivity contribution is 5.64. The van der Waals surface area contributed by atoms with Crippen LogP contribution in [0.5, 0.6) is 0 Å². The molecule has 2 fully saturated rings. The molecule has 0 aromatic rings. The fraction of sp³-hybridized carbons (Fsp3) is 0.526. The van der Waals surface area contributed by atoms with Crippen LogP contribution in [-0.2, 0) is 4.74 Å². The molecule has 9 aliphatic carbocycles. The van der Waals surface area contributed by atoms with Crippen LogP contribution in [0.2, 0.25) is 0 Å². The third-order valence-electron chi connectivity index (χ3n) is 17.7. The van der Waals surface area contributed by atoms with Crippen molar-refractivity contribution in [2.45, 2.75) is 128 Å². The molecule has 310 valence electrons. The van der Waals surface area contributed by atoms with E-state index in [0.717, 1.165) is 24.5 Å². The summed E-state index contributed by atoms with van der Waals surface area (Å²) in [6, 6.07) is 1.20. The first kappa shape index (κ1) is 37.6. The summed E-state index contributed by atoms with van der Waals surface area (Å²) in [6.07, 6.45) is 64.8. The molecule has 1 saturated carbocycles. The number of allylic oxidation sites excluding steroid dienone is 19. The van der Waals surface area contributed by atoms with Crippen molar-refractivity contribution in [2.24, 2.45) is 64.2 Å². The van der Waals surface area contributed by atoms with E-state index < -0.39 is 0 Å². The Morgan fingerprint density at radius 1 is 0.750 bits per heavy atom. The predicted octanol–water partition coefficient (Wildman–Crippen LogP) is 13.5. The highest BCUT2D eigenvalue weighted by atomic mass is 16.5. The fourth-order valence-corrected chi connectivity index (χ4v) is 14.7. The first-order chi connectivity index (χ1) is 29.6. The van der Waals surface area contributed by atoms with Gasteiger partial charge in [-0.05, 0) is 153 Å². The lowest BCUT2D eigenvalue weighted by Crippen LogP contribution is -2.46. The van der Waals surface area contributed by atoms with E-state index in [4.69, 9.17) is 4.74 Å². The molecule has 12 unspecified atom stereocenters. The van der Waals surface area contributed by atoms with Crippen LogP contribution in [0.25, 0.3) is 0 Å². The predicted molar refractivity (Wildman–Crippen MR) is 247 cm³/mol. The Kier molecular flexibility index (Phi) is 9.82. The van der Waals surface area contributed by atoms with E-state index >= 15 is 0 Å². The lowest BCUT2D eigenvalue weighted by atomic mass is 9.67. The van der Waals surface area contributed by atoms with Gasteiger partial charge in [0.25, 0.3) is 0 Å². The normalized spacial score (nSPS) is 40.3. The third-order valence-corrected chi connectivity index (χ3v) is 17.7. The Balaban J connectivity index is 0.824. The molecule has 12 atom stereocenters. The van der Waals surface area contributed by atoms with Gasteiger partial charge in [-0.25, -0.2) is 0 Å². The average molecular weight is 795 g/mol. The summed E-state index contributed by atoms with van der Waals surface area (Å²) < 4.78 is 6.44. The lowest BCUT2D eigenvalue weighted by molar-refractivity contribution is 0.134. The highest BCUT2D eigenvalue weighted by Gasteiger charge is 2.48. The molecule has 0 aromatic carbocycles. The van der Waals surface area contributed by atoms with Gasteiger partial charge in [-0.3, -0.25) is 4.99 Å². The molecule has 60 heavy (non-hydrogen) atoms. The fourth-order valence-electron chi connectivity index (χ4n) is 14.7. The van der Waals surface area contributed by atoms with Crippen LogP contribution in [0.1, 0.15) is 110 Å². The van der Waals surface area contributed by atoms with Crippen LogP contribution in [0, 0.1) is 59.2 Å². The number of rotatable bonds is 5. The molecule has 0 amide bonds. The van der Waals surface area contributed by atoms with Crippen molar-refractivity contribution in [1.82, 2.24) is 4.90 Å². The molecule has 3 heterocycles. The number of fused-ring (bicyclic) bond motifs is 7. The van der Waals surface area contributed by atoms with E-state index in [2.05, 4.69) is 120 Å². The second-order valence-electron chi connectivity index (χ2n) is 20.8. The Labute approximate surface area is 360 Å². The zero-order chi connectivity index (χ0) is 39.7. The van der Waals surface area contributed by atoms with Gasteiger partial charge >= 0.3 is 0 Å². The summed E-state index contributed by atoms with van der Waals surface area (Å²) in [5.74, 6) is 6.88. The number of nitrogens with zero attached hydrogens (tertiary/aromatic N) is 2. The molecule has 3 nitrogen and oxygen atoms in total. The quantitative estimate of drug-likeness (QED) is 0.259. The molecule has 12 rings (SSSR count). The second kappa shape index (κ2) is 15.7. The van der Waals surface area contributed by atoms with E-state index in [1.165, 1.54) is 101 Å². The van der Waals surface area contributed by atoms with Crippen LogP contribution < -0.4 is 0 Å². The third kappa shape index (κ3) is 6.53. The van der Waals surface area contributed by atoms with E-state index in [-0.39, 0.29) is 6.10 Å². The van der Waals surface area contributed by atoms with E-state index in [1.807, 2.05) is 11.8 Å². The van der Waals surface area contributed by atoms with Gasteiger partial charge in [0, 0.05) is 59.4 Å². The average Bonchev–Trinajstić information content (AvgIpc) is 3.82. The number of hydrogen-bond acceptors (Lipinski definition) is 3. The van der Waals surface area contributed by atoms with E-state index in [9.17, 15) is 0 Å². The van der Waals surface area contributed by atoms with Crippen molar-refractivity contribution in [1.29, 1.82) is 0 Å². The smallest absolute Gasteiger partial charge is 0.128 e. The molecule has 0 aromatic heterocycles. The van der Waals surface area contributed by atoms with Crippen LogP contribution in [0.15, 0.2) is 159 Å². The van der Waals surface area contributed by atoms with Gasteiger partial charge in [0.2, 0.25) is 0 Å². The van der Waals surface area contributed by atoms with Gasteiger partial charge in [-0.1, -0.05) is 122 Å². The van der Waals surface area contributed by atoms with Crippen molar-refractivity contribution in [2.75, 3.05) is 0 Å². The minimum Gasteiger partial charge on any atom is -0.485 e. The lowest BCUT2D eigenvalue weighted by Gasteiger charge is -2.45. The van der Waals surface area contributed by atoms with Crippen molar-refractivity contribution in [3.8, 4) is 0 Å². The molecular formula is C57H66N2O. The van der Waals surface area contributed by atoms with Crippen molar-refractivity contribution < 1.29 is 4.74 Å². The largest absolute Gasteiger partial charge is 0.485 e. The zero-order valence-electron chi connectivity index (χ0n) is 36.0. The summed E-state index contributed by atoms with van der Waals surface area (Å²) in [7, 11) is 0. The zero-order valence-corrected chi connectivity index (χ0v) is 36.0. The summed E-state index contributed by atoms with van der Waals surface area (Å²) >= 11 is 0. The van der Waals surface area contributed by atoms with Crippen molar-refractivity contribution in [3.63, 3.8) is 0 Å². The first-order valence-corrected chi connectivity index (χ1v) is 24.6. The van der Waals surface area contributed by atoms with Gasteiger partial charge in [-0.2, -0.15) is 0 Å². The van der Waals surface area contributed by atoms with Gasteiger partial charge in [-0.15, -0.1) is 0 Å². The minimum absolute atomic E-state index is 0.175. The standard InChI is InChI=1S/C57H66N2O/c1-36-46-24-21-38(31-51(46)47-16-6-5-14-40(47)33-50(36)41-23-26-57-53(34-41)49-18-8-10-20-56(49)60-57)39-22-25-55-52(32-39)48-17-7-9-19-54(48)59(55)45-29-43(37-12-3-2-4-13-37)28-44(30-45)42-15-11-27-58-35-42/h6-8,10-11,16-18,20-22,24,26-28,31,34-37,41-42,44-46,49-52,55-56H,2-5,9,12-15,19,23,25,29-30,32-33H2,1H3. The monoisotopic (exact) mass is 795 g/mol. The molecule has 3 heteroatoms. The van der Waals surface area contributed by atoms with Crippen LogP contribution in [0.3, 0.4) is 0 Å². The second-order valence-corrected chi connectivity index (χ2v) is 20.8. The molecular weight excluding hydrogens is 729 g/mol. The number of hydrogen-bond donors (Lipinski definition) is 0. The van der Waals surface area contributed by atoms with E-state index in [1.54, 1.807) is 28.0 Å². The van der Waals surface area contributed by atoms with Crippen LogP contribution in [-0.4, -0.2) is 29.3 Å². The van der Waals surface area contributed by atoms with Gasteiger partial charge in [0.05, 0.1) is 0 Å². The SMILES string of the molecule is CC1C2C=CC(C3=CCC4C(C3)C3=C(CCC=C3)N4C3CC(C4CCCCC4)=CC(C4C=NC=CC4)C3)=CC2C2=C(CCC=C2)CC1C1C=C2C(=CC1)OC1C=CC=CC21. The summed E-state index contributed by atoms with van der Waals surface area (Å²) in [6.45, 7) is 2.60. The van der Waals surface area contributed by atoms with Gasteiger partial charge in [0.15, 0.2) is 0 Å². The van der Waals surface area contributed by atoms with Crippen molar-refractivity contribution in [3.05, 3.63) is 154 Å². The van der Waals surface area contributed by atoms with E-state index in [0.29, 0.717) is 65.3 Å². The highest BCUT2D eigenvalue weighted by Crippen LogP contribution is 2.55. The molecule has 0 bridgehead atoms. The number of aliphatic imine (C=N–C) groups is 1. The maximum Gasteiger partial charge on any atom is 0.128 e. The van der Waals surface area contributed by atoms with Crippen LogP contribution >= 0.6 is 0 Å². The summed E-state index contributed by atoms with van der Waals surface area (Å²) in [4.78, 5) is 7.74. The minimum atomic E-state index is 0.175. The van der Waals surface area contributed by atoms with Crippen LogP contribution in [0.4, 0.5) is 0 Å². The number of ether oxygens (including phenoxy) is 1. The molecule has 0 radical (unpaired) electrons.